The maximum absolute atomic E-state index is 12.8. The molecule has 0 aliphatic carbocycles. The second kappa shape index (κ2) is 6.23. The van der Waals surface area contributed by atoms with Crippen LogP contribution in [0.3, 0.4) is 0 Å². The van der Waals surface area contributed by atoms with Crippen LogP contribution in [-0.2, 0) is 11.2 Å². The minimum Gasteiger partial charge on any atom is -0.303 e. The highest BCUT2D eigenvalue weighted by atomic mass is 19.1. The second-order valence-corrected chi connectivity index (χ2v) is 4.46. The molecule has 1 unspecified atom stereocenters. The van der Waals surface area contributed by atoms with Crippen molar-refractivity contribution in [3.63, 3.8) is 0 Å². The molecular weight excluding hydrogens is 246 g/mol. The highest BCUT2D eigenvalue weighted by Crippen LogP contribution is 2.20. The third kappa shape index (κ3) is 3.71. The number of benzene rings is 2. The van der Waals surface area contributed by atoms with E-state index in [1.807, 2.05) is 0 Å². The van der Waals surface area contributed by atoms with E-state index in [0.29, 0.717) is 12.8 Å². The number of hydrogen-bond acceptors (Lipinski definition) is 1. The molecule has 2 aromatic rings. The monoisotopic (exact) mass is 260 g/mol. The number of carbonyl (C=O) groups excluding carboxylic acids is 1. The van der Waals surface area contributed by atoms with Gasteiger partial charge in [0.2, 0.25) is 0 Å². The summed E-state index contributed by atoms with van der Waals surface area (Å²) in [5, 5.41) is 0. The maximum atomic E-state index is 12.8. The molecule has 0 bridgehead atoms. The van der Waals surface area contributed by atoms with Gasteiger partial charge in [0.05, 0.1) is 0 Å². The smallest absolute Gasteiger partial charge is 0.127 e. The summed E-state index contributed by atoms with van der Waals surface area (Å²) in [6.45, 7) is 0. The lowest BCUT2D eigenvalue weighted by molar-refractivity contribution is -0.109. The Kier molecular flexibility index (Phi) is 4.39. The summed E-state index contributed by atoms with van der Waals surface area (Å²) < 4.78 is 25.6. The van der Waals surface area contributed by atoms with Gasteiger partial charge in [0.25, 0.3) is 0 Å². The standard InChI is InChI=1S/C16H14F2O/c17-15-7-2-12(3-8-15)1-4-14(11-19)13-5-9-16(18)10-6-13/h2-3,5-11,14H,1,4H2. The largest absolute Gasteiger partial charge is 0.303 e. The molecular formula is C16H14F2O. The van der Waals surface area contributed by atoms with Gasteiger partial charge in [-0.25, -0.2) is 8.78 Å². The molecule has 0 N–H and O–H groups in total. The van der Waals surface area contributed by atoms with Gasteiger partial charge >= 0.3 is 0 Å². The van der Waals surface area contributed by atoms with Crippen LogP contribution in [0.5, 0.6) is 0 Å². The van der Waals surface area contributed by atoms with Gasteiger partial charge in [-0.15, -0.1) is 0 Å². The van der Waals surface area contributed by atoms with Gasteiger partial charge < -0.3 is 4.79 Å². The van der Waals surface area contributed by atoms with Crippen molar-refractivity contribution >= 4 is 6.29 Å². The van der Waals surface area contributed by atoms with Crippen LogP contribution in [0, 0.1) is 11.6 Å². The quantitative estimate of drug-likeness (QED) is 0.746. The van der Waals surface area contributed by atoms with E-state index in [-0.39, 0.29) is 17.6 Å². The lowest BCUT2D eigenvalue weighted by Crippen LogP contribution is -2.02. The Morgan fingerprint density at radius 3 is 1.95 bits per heavy atom. The molecule has 2 rings (SSSR count). The van der Waals surface area contributed by atoms with Crippen LogP contribution in [0.4, 0.5) is 8.78 Å². The molecule has 0 saturated carbocycles. The topological polar surface area (TPSA) is 17.1 Å². The number of hydrogen-bond donors (Lipinski definition) is 0. The Morgan fingerprint density at radius 2 is 1.42 bits per heavy atom. The van der Waals surface area contributed by atoms with Gasteiger partial charge in [-0.1, -0.05) is 24.3 Å². The van der Waals surface area contributed by atoms with E-state index in [1.165, 1.54) is 24.3 Å². The summed E-state index contributed by atoms with van der Waals surface area (Å²) in [5.41, 5.74) is 1.79. The van der Waals surface area contributed by atoms with Crippen molar-refractivity contribution in [1.29, 1.82) is 0 Å². The summed E-state index contributed by atoms with van der Waals surface area (Å²) in [6.07, 6.45) is 2.18. The fraction of sp³-hybridized carbons (Fsp3) is 0.188. The SMILES string of the molecule is O=CC(CCc1ccc(F)cc1)c1ccc(F)cc1. The van der Waals surface area contributed by atoms with Crippen LogP contribution < -0.4 is 0 Å². The molecule has 0 amide bonds. The molecule has 0 radical (unpaired) electrons. The molecule has 0 spiro atoms. The molecule has 0 fully saturated rings. The zero-order chi connectivity index (χ0) is 13.7. The Morgan fingerprint density at radius 1 is 0.895 bits per heavy atom. The van der Waals surface area contributed by atoms with Crippen molar-refractivity contribution in [1.82, 2.24) is 0 Å². The lowest BCUT2D eigenvalue weighted by Gasteiger charge is -2.10. The van der Waals surface area contributed by atoms with Crippen molar-refractivity contribution in [2.45, 2.75) is 18.8 Å². The van der Waals surface area contributed by atoms with Crippen molar-refractivity contribution < 1.29 is 13.6 Å². The zero-order valence-electron chi connectivity index (χ0n) is 10.4. The van der Waals surface area contributed by atoms with E-state index < -0.39 is 0 Å². The molecule has 2 aromatic carbocycles. The Labute approximate surface area is 110 Å². The first-order chi connectivity index (χ1) is 9.19. The molecule has 0 aliphatic rings. The van der Waals surface area contributed by atoms with Crippen LogP contribution in [-0.4, -0.2) is 6.29 Å². The number of rotatable bonds is 5. The second-order valence-electron chi connectivity index (χ2n) is 4.46. The van der Waals surface area contributed by atoms with E-state index >= 15 is 0 Å². The van der Waals surface area contributed by atoms with Gasteiger partial charge in [0, 0.05) is 5.92 Å². The minimum absolute atomic E-state index is 0.259. The normalized spacial score (nSPS) is 12.1. The fourth-order valence-corrected chi connectivity index (χ4v) is 2.00. The predicted octanol–water partition coefficient (Wildman–Crippen LogP) is 3.88. The molecule has 19 heavy (non-hydrogen) atoms. The van der Waals surface area contributed by atoms with E-state index in [1.54, 1.807) is 24.3 Å². The van der Waals surface area contributed by atoms with Gasteiger partial charge in [0.15, 0.2) is 0 Å². The number of halogens is 2. The molecule has 3 heteroatoms. The van der Waals surface area contributed by atoms with Crippen molar-refractivity contribution in [3.8, 4) is 0 Å². The first-order valence-corrected chi connectivity index (χ1v) is 6.14. The summed E-state index contributed by atoms with van der Waals surface area (Å²) in [5.74, 6) is -0.841. The maximum Gasteiger partial charge on any atom is 0.127 e. The third-order valence-corrected chi connectivity index (χ3v) is 3.12. The van der Waals surface area contributed by atoms with Crippen LogP contribution in [0.15, 0.2) is 48.5 Å². The average molecular weight is 260 g/mol. The minimum atomic E-state index is -0.313. The zero-order valence-corrected chi connectivity index (χ0v) is 10.4. The van der Waals surface area contributed by atoms with Gasteiger partial charge in [0.1, 0.15) is 17.9 Å². The summed E-state index contributed by atoms with van der Waals surface area (Å²) in [7, 11) is 0. The van der Waals surface area contributed by atoms with Crippen molar-refractivity contribution in [2.24, 2.45) is 0 Å². The summed E-state index contributed by atoms with van der Waals surface area (Å²) in [4.78, 5) is 11.1. The first kappa shape index (κ1) is 13.4. The fourth-order valence-electron chi connectivity index (χ4n) is 2.00. The Bertz CT molecular complexity index is 532. The average Bonchev–Trinajstić information content (AvgIpc) is 2.43. The number of aldehydes is 1. The van der Waals surface area contributed by atoms with Crippen LogP contribution >= 0.6 is 0 Å². The molecule has 1 atom stereocenters. The predicted molar refractivity (Wildman–Crippen MR) is 69.9 cm³/mol. The molecule has 0 aliphatic heterocycles. The Balaban J connectivity index is 2.01. The number of carbonyl (C=O) groups is 1. The van der Waals surface area contributed by atoms with Crippen LogP contribution in [0.1, 0.15) is 23.5 Å². The van der Waals surface area contributed by atoms with E-state index in [4.69, 9.17) is 0 Å². The summed E-state index contributed by atoms with van der Waals surface area (Å²) in [6, 6.07) is 12.2. The van der Waals surface area contributed by atoms with E-state index in [9.17, 15) is 13.6 Å². The summed E-state index contributed by atoms with van der Waals surface area (Å²) >= 11 is 0. The molecule has 1 nitrogen and oxygen atoms in total. The molecule has 98 valence electrons. The van der Waals surface area contributed by atoms with E-state index in [0.717, 1.165) is 17.4 Å². The number of aryl methyl sites for hydroxylation is 1. The van der Waals surface area contributed by atoms with Gasteiger partial charge in [-0.05, 0) is 48.2 Å². The Hall–Kier alpha value is -2.03. The van der Waals surface area contributed by atoms with Gasteiger partial charge in [-0.3, -0.25) is 0 Å². The first-order valence-electron chi connectivity index (χ1n) is 6.14. The third-order valence-electron chi connectivity index (χ3n) is 3.12. The molecule has 0 heterocycles. The highest BCUT2D eigenvalue weighted by Gasteiger charge is 2.10. The molecule has 0 aromatic heterocycles. The lowest BCUT2D eigenvalue weighted by atomic mass is 9.93. The van der Waals surface area contributed by atoms with Crippen molar-refractivity contribution in [3.05, 3.63) is 71.3 Å². The van der Waals surface area contributed by atoms with Crippen LogP contribution in [0.2, 0.25) is 0 Å². The highest BCUT2D eigenvalue weighted by molar-refractivity contribution is 5.62. The molecule has 0 saturated heterocycles. The van der Waals surface area contributed by atoms with Crippen molar-refractivity contribution in [2.75, 3.05) is 0 Å². The van der Waals surface area contributed by atoms with E-state index in [2.05, 4.69) is 0 Å². The van der Waals surface area contributed by atoms with Crippen LogP contribution in [0.25, 0.3) is 0 Å². The van der Waals surface area contributed by atoms with Gasteiger partial charge in [-0.2, -0.15) is 0 Å².